The van der Waals surface area contributed by atoms with Gasteiger partial charge in [0.15, 0.2) is 48.0 Å². The van der Waals surface area contributed by atoms with Crippen LogP contribution in [-0.2, 0) is 44.4 Å². The van der Waals surface area contributed by atoms with Gasteiger partial charge in [0.05, 0.1) is 25.4 Å². The summed E-state index contributed by atoms with van der Waals surface area (Å²) in [6, 6.07) is 7.88. The van der Waals surface area contributed by atoms with Gasteiger partial charge in [-0.2, -0.15) is 0 Å². The number of aliphatic hydroxyl groups is 7. The van der Waals surface area contributed by atoms with Crippen LogP contribution in [0.4, 0.5) is 0 Å². The fraction of sp³-hybridized carbons (Fsp3) is 0.571. The van der Waals surface area contributed by atoms with Gasteiger partial charge in [0, 0.05) is 6.08 Å². The molecule has 3 saturated heterocycles. The number of carbonyl (C=O) groups excluding carboxylic acids is 1. The Morgan fingerprint density at radius 3 is 1.93 bits per heavy atom. The maximum Gasteiger partial charge on any atom is 0.331 e. The first-order valence-corrected chi connectivity index (χ1v) is 17.1. The Bertz CT molecular complexity index is 1590. The van der Waals surface area contributed by atoms with Crippen LogP contribution in [0.25, 0.3) is 6.08 Å². The van der Waals surface area contributed by atoms with E-state index in [2.05, 4.69) is 0 Å². The zero-order chi connectivity index (χ0) is 39.4. The lowest BCUT2D eigenvalue weighted by atomic mass is 9.96. The van der Waals surface area contributed by atoms with Crippen LogP contribution >= 0.6 is 0 Å². The van der Waals surface area contributed by atoms with Crippen LogP contribution in [0.2, 0.25) is 0 Å². The van der Waals surface area contributed by atoms with Crippen molar-refractivity contribution in [2.75, 3.05) is 13.2 Å². The lowest BCUT2D eigenvalue weighted by molar-refractivity contribution is -0.375. The summed E-state index contributed by atoms with van der Waals surface area (Å²) in [5.41, 5.74) is 0.848. The van der Waals surface area contributed by atoms with Crippen molar-refractivity contribution in [3.63, 3.8) is 0 Å². The summed E-state index contributed by atoms with van der Waals surface area (Å²) in [7, 11) is 0. The van der Waals surface area contributed by atoms with Gasteiger partial charge in [-0.15, -0.1) is 0 Å². The summed E-state index contributed by atoms with van der Waals surface area (Å²) in [4.78, 5) is 13.0. The molecule has 0 aliphatic carbocycles. The van der Waals surface area contributed by atoms with Gasteiger partial charge in [0.1, 0.15) is 54.9 Å². The monoisotopic (exact) mass is 770 g/mol. The van der Waals surface area contributed by atoms with E-state index in [0.717, 1.165) is 6.08 Å². The van der Waals surface area contributed by atoms with Gasteiger partial charge in [-0.1, -0.05) is 12.1 Å². The molecule has 0 saturated carbocycles. The maximum atomic E-state index is 13.0. The summed E-state index contributed by atoms with van der Waals surface area (Å²) in [6.45, 7) is 1.93. The zero-order valence-electron chi connectivity index (χ0n) is 29.1. The molecule has 3 fully saturated rings. The number of aliphatic hydroxyl groups excluding tert-OH is 7. The lowest BCUT2D eigenvalue weighted by Gasteiger charge is -2.48. The second kappa shape index (κ2) is 17.9. The molecule has 0 unspecified atom stereocenters. The first-order valence-electron chi connectivity index (χ1n) is 17.1. The third-order valence-electron chi connectivity index (χ3n) is 9.34. The molecule has 0 spiro atoms. The number of rotatable bonds is 12. The molecule has 3 aliphatic rings. The summed E-state index contributed by atoms with van der Waals surface area (Å²) in [6.07, 6.45) is -20.9. The standard InChI is InChI=1S/C35H46O19/c1-14-24(42)25(43)27(45)34(49-14)53-30-15(2)50-35(28(46)26(30)44)54-32-29(47)33(48-10-9-17-4-7-19(38)21(40)12-17)51-22(13-36)31(32)52-23(41)8-5-16-3-6-18(37)20(39)11-16/h3-8,11-12,14-15,22,24-40,42-47H,9-10,13H2,1-2H3/b8-5-/t14-,15+,22+,24-,25+,26+,27-,28-,29+,30-,31+,32+,33+,34+,35+/m1/s1. The molecule has 2 aromatic carbocycles. The van der Waals surface area contributed by atoms with Crippen LogP contribution in [-0.4, -0.2) is 167 Å². The number of hydrogen-bond donors (Lipinski definition) is 11. The molecule has 19 heteroatoms. The third-order valence-corrected chi connectivity index (χ3v) is 9.34. The second-order valence-electron chi connectivity index (χ2n) is 13.2. The number of phenolic OH excluding ortho intramolecular Hbond substituents is 4. The van der Waals surface area contributed by atoms with Crippen LogP contribution in [0.15, 0.2) is 42.5 Å². The van der Waals surface area contributed by atoms with Crippen molar-refractivity contribution in [1.82, 2.24) is 0 Å². The summed E-state index contributed by atoms with van der Waals surface area (Å²) < 4.78 is 40.0. The van der Waals surface area contributed by atoms with Crippen LogP contribution < -0.4 is 0 Å². The second-order valence-corrected chi connectivity index (χ2v) is 13.2. The average Bonchev–Trinajstić information content (AvgIpc) is 3.14. The van der Waals surface area contributed by atoms with E-state index in [-0.39, 0.29) is 30.3 Å². The van der Waals surface area contributed by atoms with Crippen molar-refractivity contribution < 1.29 is 94.1 Å². The van der Waals surface area contributed by atoms with Gasteiger partial charge in [0.25, 0.3) is 0 Å². The van der Waals surface area contributed by atoms with Crippen molar-refractivity contribution in [1.29, 1.82) is 0 Å². The van der Waals surface area contributed by atoms with Gasteiger partial charge >= 0.3 is 5.97 Å². The van der Waals surface area contributed by atoms with Crippen LogP contribution in [0.3, 0.4) is 0 Å². The fourth-order valence-electron chi connectivity index (χ4n) is 6.22. The summed E-state index contributed by atoms with van der Waals surface area (Å²) >= 11 is 0. The topological polar surface area (TPSA) is 304 Å². The number of benzene rings is 2. The predicted molar refractivity (Wildman–Crippen MR) is 178 cm³/mol. The van der Waals surface area contributed by atoms with Gasteiger partial charge < -0.3 is 89.3 Å². The normalized spacial score (nSPS) is 37.3. The Labute approximate surface area is 308 Å². The van der Waals surface area contributed by atoms with E-state index in [1.807, 2.05) is 0 Å². The molecule has 2 aromatic rings. The van der Waals surface area contributed by atoms with E-state index in [1.54, 1.807) is 0 Å². The van der Waals surface area contributed by atoms with E-state index in [9.17, 15) is 61.0 Å². The lowest BCUT2D eigenvalue weighted by Crippen LogP contribution is -2.66. The number of phenols is 4. The molecule has 0 aromatic heterocycles. The minimum absolute atomic E-state index is 0.125. The Hall–Kier alpha value is -3.67. The van der Waals surface area contributed by atoms with Crippen molar-refractivity contribution in [3.8, 4) is 23.0 Å². The maximum absolute atomic E-state index is 13.0. The van der Waals surface area contributed by atoms with Gasteiger partial charge in [-0.3, -0.25) is 0 Å². The third kappa shape index (κ3) is 9.40. The van der Waals surface area contributed by atoms with Gasteiger partial charge in [-0.05, 0) is 61.7 Å². The smallest absolute Gasteiger partial charge is 0.331 e. The molecule has 0 bridgehead atoms. The Kier molecular flexibility index (Phi) is 13.7. The summed E-state index contributed by atoms with van der Waals surface area (Å²) in [5.74, 6) is -2.55. The molecule has 11 N–H and O–H groups in total. The highest BCUT2D eigenvalue weighted by Gasteiger charge is 2.54. The Morgan fingerprint density at radius 1 is 0.667 bits per heavy atom. The van der Waals surface area contributed by atoms with Crippen molar-refractivity contribution in [2.24, 2.45) is 0 Å². The number of esters is 1. The number of carbonyl (C=O) groups is 1. The summed E-state index contributed by atoms with van der Waals surface area (Å²) in [5, 5.41) is 113. The van der Waals surface area contributed by atoms with E-state index in [0.29, 0.717) is 11.1 Å². The molecule has 0 radical (unpaired) electrons. The van der Waals surface area contributed by atoms with Crippen LogP contribution in [0.1, 0.15) is 25.0 Å². The van der Waals surface area contributed by atoms with E-state index in [1.165, 1.54) is 56.3 Å². The van der Waals surface area contributed by atoms with E-state index in [4.69, 9.17) is 33.2 Å². The molecule has 19 nitrogen and oxygen atoms in total. The Balaban J connectivity index is 1.33. The number of ether oxygens (including phenoxy) is 7. The molecule has 0 amide bonds. The SMILES string of the molecule is C[C@@H]1O[C@@H](O[C@H]2[C@H](O)[C@@H](OCCc3ccc(O)c(O)c3)O[C@@H](CO)[C@@H]2OC(=O)/C=C\c2ccc(O)c(O)c2)[C@H](O)[C@H](O)[C@@H]1O[C@@H]1O[C@H](C)[C@@H](O)[C@H](O)[C@H]1O. The van der Waals surface area contributed by atoms with Gasteiger partial charge in [0.2, 0.25) is 0 Å². The highest BCUT2D eigenvalue weighted by atomic mass is 16.8. The van der Waals surface area contributed by atoms with Gasteiger partial charge in [-0.25, -0.2) is 4.79 Å². The van der Waals surface area contributed by atoms with Crippen molar-refractivity contribution in [2.45, 2.75) is 112 Å². The zero-order valence-corrected chi connectivity index (χ0v) is 29.1. The highest BCUT2D eigenvalue weighted by Crippen LogP contribution is 2.34. The van der Waals surface area contributed by atoms with Crippen LogP contribution in [0.5, 0.6) is 23.0 Å². The molecule has 5 rings (SSSR count). The largest absolute Gasteiger partial charge is 0.504 e. The number of hydrogen-bond acceptors (Lipinski definition) is 19. The molecule has 15 atom stereocenters. The first-order chi connectivity index (χ1) is 25.6. The molecule has 3 heterocycles. The quantitative estimate of drug-likeness (QED) is 0.0622. The predicted octanol–water partition coefficient (Wildman–Crippen LogP) is -2.16. The van der Waals surface area contributed by atoms with Crippen LogP contribution in [0, 0.1) is 0 Å². The minimum Gasteiger partial charge on any atom is -0.504 e. The average molecular weight is 771 g/mol. The number of aromatic hydroxyl groups is 4. The first kappa shape index (κ1) is 41.5. The van der Waals surface area contributed by atoms with Crippen molar-refractivity contribution in [3.05, 3.63) is 53.6 Å². The van der Waals surface area contributed by atoms with E-state index >= 15 is 0 Å². The van der Waals surface area contributed by atoms with E-state index < -0.39 is 110 Å². The molecular formula is C35H46O19. The Morgan fingerprint density at radius 2 is 1.28 bits per heavy atom. The fourth-order valence-corrected chi connectivity index (χ4v) is 6.22. The molecule has 54 heavy (non-hydrogen) atoms. The molecule has 300 valence electrons. The molecular weight excluding hydrogens is 724 g/mol. The van der Waals surface area contributed by atoms with Crippen molar-refractivity contribution >= 4 is 12.0 Å². The minimum atomic E-state index is -1.91. The highest BCUT2D eigenvalue weighted by molar-refractivity contribution is 5.87. The molecule has 3 aliphatic heterocycles.